The lowest BCUT2D eigenvalue weighted by Crippen LogP contribution is -2.34. The molecule has 0 aliphatic carbocycles. The van der Waals surface area contributed by atoms with Gasteiger partial charge in [-0.2, -0.15) is 4.31 Å². The summed E-state index contributed by atoms with van der Waals surface area (Å²) in [5.41, 5.74) is 4.62. The maximum atomic E-state index is 12.5. The first-order valence-electron chi connectivity index (χ1n) is 5.77. The first-order chi connectivity index (χ1) is 8.21. The van der Waals surface area contributed by atoms with Crippen molar-refractivity contribution in [3.8, 4) is 0 Å². The van der Waals surface area contributed by atoms with Crippen molar-refractivity contribution in [3.05, 3.63) is 23.3 Å². The molecule has 0 fully saturated rings. The lowest BCUT2D eigenvalue weighted by atomic mass is 10.1. The molecular weight excluding hydrogens is 250 g/mol. The minimum absolute atomic E-state index is 0.0823. The fourth-order valence-electron chi connectivity index (χ4n) is 1.86. The van der Waals surface area contributed by atoms with E-state index in [1.54, 1.807) is 33.0 Å². The van der Waals surface area contributed by atoms with E-state index in [-0.39, 0.29) is 6.04 Å². The smallest absolute Gasteiger partial charge is 0.243 e. The van der Waals surface area contributed by atoms with Gasteiger partial charge in [0.1, 0.15) is 0 Å². The van der Waals surface area contributed by atoms with Crippen molar-refractivity contribution in [2.24, 2.45) is 5.84 Å². The summed E-state index contributed by atoms with van der Waals surface area (Å²) in [5.74, 6) is 5.34. The number of benzene rings is 1. The van der Waals surface area contributed by atoms with E-state index < -0.39 is 10.0 Å². The van der Waals surface area contributed by atoms with Gasteiger partial charge in [0, 0.05) is 18.8 Å². The van der Waals surface area contributed by atoms with Crippen molar-refractivity contribution in [1.82, 2.24) is 4.31 Å². The Balaban J connectivity index is 3.43. The van der Waals surface area contributed by atoms with Crippen molar-refractivity contribution in [2.75, 3.05) is 12.5 Å². The second kappa shape index (κ2) is 5.26. The number of hydrazine groups is 1. The summed E-state index contributed by atoms with van der Waals surface area (Å²) in [6.07, 6.45) is 0. The first-order valence-corrected chi connectivity index (χ1v) is 7.21. The molecule has 1 rings (SSSR count). The molecule has 0 aliphatic rings. The maximum Gasteiger partial charge on any atom is 0.243 e. The largest absolute Gasteiger partial charge is 0.324 e. The Kier molecular flexibility index (Phi) is 4.37. The molecular formula is C12H21N3O2S. The van der Waals surface area contributed by atoms with E-state index in [2.05, 4.69) is 5.43 Å². The summed E-state index contributed by atoms with van der Waals surface area (Å²) in [6, 6.07) is 3.38. The molecule has 0 atom stereocenters. The second-order valence-electron chi connectivity index (χ2n) is 4.70. The number of hydrogen-bond acceptors (Lipinski definition) is 4. The quantitative estimate of drug-likeness (QED) is 0.644. The molecule has 18 heavy (non-hydrogen) atoms. The Labute approximate surface area is 109 Å². The van der Waals surface area contributed by atoms with Gasteiger partial charge < -0.3 is 5.43 Å². The standard InChI is InChI=1S/C12H21N3O2S/c1-8(2)15(5)18(16,17)12-9(3)6-11(14-13)7-10(12)4/h6-8,14H,13H2,1-5H3. The van der Waals surface area contributed by atoms with Crippen LogP contribution in [0, 0.1) is 13.8 Å². The van der Waals surface area contributed by atoms with Gasteiger partial charge in [-0.15, -0.1) is 0 Å². The van der Waals surface area contributed by atoms with Crippen molar-refractivity contribution in [1.29, 1.82) is 0 Å². The van der Waals surface area contributed by atoms with E-state index in [0.29, 0.717) is 21.7 Å². The summed E-state index contributed by atoms with van der Waals surface area (Å²) in [5, 5.41) is 0. The van der Waals surface area contributed by atoms with Crippen molar-refractivity contribution >= 4 is 15.7 Å². The van der Waals surface area contributed by atoms with Crippen LogP contribution in [0.2, 0.25) is 0 Å². The Hall–Kier alpha value is -1.11. The van der Waals surface area contributed by atoms with Crippen LogP contribution >= 0.6 is 0 Å². The number of nitrogen functional groups attached to an aromatic ring is 1. The number of anilines is 1. The third-order valence-electron chi connectivity index (χ3n) is 2.99. The molecule has 0 aliphatic heterocycles. The molecule has 1 aromatic carbocycles. The van der Waals surface area contributed by atoms with E-state index in [9.17, 15) is 8.42 Å². The van der Waals surface area contributed by atoms with Crippen LogP contribution in [0.3, 0.4) is 0 Å². The zero-order chi connectivity index (χ0) is 14.1. The van der Waals surface area contributed by atoms with Gasteiger partial charge in [-0.3, -0.25) is 5.84 Å². The number of hydrogen-bond donors (Lipinski definition) is 2. The minimum atomic E-state index is -3.46. The minimum Gasteiger partial charge on any atom is -0.324 e. The highest BCUT2D eigenvalue weighted by Gasteiger charge is 2.26. The molecule has 102 valence electrons. The van der Waals surface area contributed by atoms with Gasteiger partial charge >= 0.3 is 0 Å². The van der Waals surface area contributed by atoms with Gasteiger partial charge in [-0.25, -0.2) is 8.42 Å². The van der Waals surface area contributed by atoms with E-state index >= 15 is 0 Å². The van der Waals surface area contributed by atoms with Crippen LogP contribution in [0.5, 0.6) is 0 Å². The molecule has 0 aromatic heterocycles. The fraction of sp³-hybridized carbons (Fsp3) is 0.500. The molecule has 0 spiro atoms. The molecule has 6 heteroatoms. The van der Waals surface area contributed by atoms with Gasteiger partial charge in [0.05, 0.1) is 4.90 Å². The molecule has 1 aromatic rings. The molecule has 0 amide bonds. The summed E-state index contributed by atoms with van der Waals surface area (Å²) < 4.78 is 26.4. The van der Waals surface area contributed by atoms with Crippen LogP contribution in [0.25, 0.3) is 0 Å². The lowest BCUT2D eigenvalue weighted by molar-refractivity contribution is 0.410. The summed E-state index contributed by atoms with van der Waals surface area (Å²) in [4.78, 5) is 0.359. The Morgan fingerprint density at radius 2 is 1.67 bits per heavy atom. The molecule has 0 heterocycles. The van der Waals surface area contributed by atoms with Crippen LogP contribution in [-0.2, 0) is 10.0 Å². The molecule has 0 saturated carbocycles. The number of nitrogens with two attached hydrogens (primary N) is 1. The van der Waals surface area contributed by atoms with Crippen molar-refractivity contribution in [2.45, 2.75) is 38.6 Å². The van der Waals surface area contributed by atoms with E-state index in [4.69, 9.17) is 5.84 Å². The van der Waals surface area contributed by atoms with Crippen LogP contribution in [0.4, 0.5) is 5.69 Å². The topological polar surface area (TPSA) is 75.4 Å². The lowest BCUT2D eigenvalue weighted by Gasteiger charge is -2.23. The maximum absolute atomic E-state index is 12.5. The second-order valence-corrected chi connectivity index (χ2v) is 6.63. The highest BCUT2D eigenvalue weighted by atomic mass is 32.2. The first kappa shape index (κ1) is 14.9. The van der Waals surface area contributed by atoms with Crippen LogP contribution in [-0.4, -0.2) is 25.8 Å². The third-order valence-corrected chi connectivity index (χ3v) is 5.33. The van der Waals surface area contributed by atoms with Crippen LogP contribution in [0.1, 0.15) is 25.0 Å². The average molecular weight is 271 g/mol. The van der Waals surface area contributed by atoms with Crippen LogP contribution < -0.4 is 11.3 Å². The van der Waals surface area contributed by atoms with Crippen LogP contribution in [0.15, 0.2) is 17.0 Å². The average Bonchev–Trinajstić information content (AvgIpc) is 2.26. The zero-order valence-electron chi connectivity index (χ0n) is 11.5. The van der Waals surface area contributed by atoms with Gasteiger partial charge in [0.15, 0.2) is 0 Å². The summed E-state index contributed by atoms with van der Waals surface area (Å²) in [7, 11) is -1.87. The van der Waals surface area contributed by atoms with Gasteiger partial charge in [-0.05, 0) is 51.0 Å². The predicted molar refractivity (Wildman–Crippen MR) is 73.8 cm³/mol. The Bertz CT molecular complexity index is 515. The van der Waals surface area contributed by atoms with Gasteiger partial charge in [-0.1, -0.05) is 0 Å². The van der Waals surface area contributed by atoms with Gasteiger partial charge in [0.2, 0.25) is 10.0 Å². The number of rotatable bonds is 4. The zero-order valence-corrected chi connectivity index (χ0v) is 12.3. The molecule has 0 bridgehead atoms. The number of nitrogens with one attached hydrogen (secondary N) is 1. The molecule has 5 nitrogen and oxygen atoms in total. The SMILES string of the molecule is Cc1cc(NN)cc(C)c1S(=O)(=O)N(C)C(C)C. The predicted octanol–water partition coefficient (Wildman–Crippen LogP) is 1.62. The Morgan fingerprint density at radius 1 is 1.22 bits per heavy atom. The van der Waals surface area contributed by atoms with Crippen molar-refractivity contribution in [3.63, 3.8) is 0 Å². The number of aryl methyl sites for hydroxylation is 2. The Morgan fingerprint density at radius 3 is 2.00 bits per heavy atom. The fourth-order valence-corrected chi connectivity index (χ4v) is 3.64. The highest BCUT2D eigenvalue weighted by Crippen LogP contribution is 2.27. The number of sulfonamides is 1. The molecule has 3 N–H and O–H groups in total. The summed E-state index contributed by atoms with van der Waals surface area (Å²) >= 11 is 0. The molecule has 0 saturated heterocycles. The van der Waals surface area contributed by atoms with E-state index in [1.165, 1.54) is 4.31 Å². The van der Waals surface area contributed by atoms with E-state index in [1.807, 2.05) is 13.8 Å². The third kappa shape index (κ3) is 2.66. The molecule has 0 radical (unpaired) electrons. The number of nitrogens with zero attached hydrogens (tertiary/aromatic N) is 1. The highest BCUT2D eigenvalue weighted by molar-refractivity contribution is 7.89. The van der Waals surface area contributed by atoms with Crippen molar-refractivity contribution < 1.29 is 8.42 Å². The normalized spacial score (nSPS) is 12.2. The monoisotopic (exact) mass is 271 g/mol. The molecule has 0 unspecified atom stereocenters. The van der Waals surface area contributed by atoms with Gasteiger partial charge in [0.25, 0.3) is 0 Å². The summed E-state index contributed by atoms with van der Waals surface area (Å²) in [6.45, 7) is 7.24. The van der Waals surface area contributed by atoms with E-state index in [0.717, 1.165) is 0 Å².